The number of nitrogens with zero attached hydrogens (tertiary/aromatic N) is 1. The zero-order valence-electron chi connectivity index (χ0n) is 15.6. The summed E-state index contributed by atoms with van der Waals surface area (Å²) >= 11 is 0. The molecule has 3 amide bonds. The third-order valence-corrected chi connectivity index (χ3v) is 5.04. The summed E-state index contributed by atoms with van der Waals surface area (Å²) < 4.78 is 0. The first-order chi connectivity index (χ1) is 13.0. The van der Waals surface area contributed by atoms with Crippen molar-refractivity contribution in [2.45, 2.75) is 44.7 Å². The number of likely N-dealkylation sites (tertiary alicyclic amines) is 1. The molecule has 5 nitrogen and oxygen atoms in total. The van der Waals surface area contributed by atoms with Gasteiger partial charge in [-0.25, -0.2) is 0 Å². The standard InChI is InChI=1S/C22H24N2O3/c1-15(23-22(27)16(2)24-19(25)13-14-20(24)26)21(17-9-5-3-6-10-17)18-11-7-4-8-12-18/h3-12,15-16,21H,13-14H2,1-2H3,(H,23,27)/t15-,16+/m0/s1. The second-order valence-corrected chi connectivity index (χ2v) is 6.93. The van der Waals surface area contributed by atoms with Gasteiger partial charge in [0, 0.05) is 24.8 Å². The number of amides is 3. The number of nitrogens with one attached hydrogen (secondary N) is 1. The Morgan fingerprint density at radius 2 is 1.30 bits per heavy atom. The van der Waals surface area contributed by atoms with E-state index in [1.54, 1.807) is 6.92 Å². The Morgan fingerprint density at radius 1 is 0.852 bits per heavy atom. The van der Waals surface area contributed by atoms with Crippen LogP contribution in [0.2, 0.25) is 0 Å². The lowest BCUT2D eigenvalue weighted by molar-refractivity contribution is -0.146. The summed E-state index contributed by atoms with van der Waals surface area (Å²) in [6.45, 7) is 3.55. The van der Waals surface area contributed by atoms with Crippen LogP contribution in [0.5, 0.6) is 0 Å². The lowest BCUT2D eigenvalue weighted by atomic mass is 9.85. The van der Waals surface area contributed by atoms with Gasteiger partial charge in [0.15, 0.2) is 0 Å². The number of hydrogen-bond acceptors (Lipinski definition) is 3. The molecule has 27 heavy (non-hydrogen) atoms. The monoisotopic (exact) mass is 364 g/mol. The van der Waals surface area contributed by atoms with Gasteiger partial charge in [-0.15, -0.1) is 0 Å². The highest BCUT2D eigenvalue weighted by atomic mass is 16.2. The molecule has 0 unspecified atom stereocenters. The van der Waals surface area contributed by atoms with Crippen LogP contribution in [0.3, 0.4) is 0 Å². The molecule has 0 spiro atoms. The summed E-state index contributed by atoms with van der Waals surface area (Å²) in [6, 6.07) is 19.0. The Kier molecular flexibility index (Phi) is 5.69. The Labute approximate surface area is 159 Å². The molecule has 0 aliphatic carbocycles. The first kappa shape index (κ1) is 18.8. The number of carbonyl (C=O) groups is 3. The fourth-order valence-electron chi connectivity index (χ4n) is 3.66. The summed E-state index contributed by atoms with van der Waals surface area (Å²) in [5.41, 5.74) is 2.19. The zero-order chi connectivity index (χ0) is 19.4. The number of imide groups is 1. The molecule has 2 aromatic carbocycles. The minimum Gasteiger partial charge on any atom is -0.351 e. The van der Waals surface area contributed by atoms with Gasteiger partial charge in [0.1, 0.15) is 6.04 Å². The van der Waals surface area contributed by atoms with Gasteiger partial charge in [-0.1, -0.05) is 60.7 Å². The van der Waals surface area contributed by atoms with Crippen LogP contribution >= 0.6 is 0 Å². The quantitative estimate of drug-likeness (QED) is 0.802. The molecule has 2 aromatic rings. The van der Waals surface area contributed by atoms with Crippen LogP contribution in [-0.2, 0) is 14.4 Å². The second kappa shape index (κ2) is 8.16. The molecule has 3 rings (SSSR count). The lowest BCUT2D eigenvalue weighted by Crippen LogP contribution is -2.50. The van der Waals surface area contributed by atoms with Gasteiger partial charge in [0.25, 0.3) is 0 Å². The Hall–Kier alpha value is -2.95. The van der Waals surface area contributed by atoms with E-state index < -0.39 is 6.04 Å². The minimum absolute atomic E-state index is 0.0338. The van der Waals surface area contributed by atoms with E-state index in [1.807, 2.05) is 67.6 Å². The Morgan fingerprint density at radius 3 is 1.74 bits per heavy atom. The highest BCUT2D eigenvalue weighted by Gasteiger charge is 2.37. The maximum absolute atomic E-state index is 12.7. The summed E-state index contributed by atoms with van der Waals surface area (Å²) in [7, 11) is 0. The minimum atomic E-state index is -0.804. The molecule has 140 valence electrons. The maximum Gasteiger partial charge on any atom is 0.243 e. The molecule has 1 aliphatic rings. The Bertz CT molecular complexity index is 764. The first-order valence-corrected chi connectivity index (χ1v) is 9.24. The lowest BCUT2D eigenvalue weighted by Gasteiger charge is -2.29. The third-order valence-electron chi connectivity index (χ3n) is 5.04. The van der Waals surface area contributed by atoms with Crippen molar-refractivity contribution in [1.82, 2.24) is 10.2 Å². The average Bonchev–Trinajstić information content (AvgIpc) is 3.01. The number of benzene rings is 2. The van der Waals surface area contributed by atoms with Crippen molar-refractivity contribution in [1.29, 1.82) is 0 Å². The van der Waals surface area contributed by atoms with Gasteiger partial charge in [0.05, 0.1) is 0 Å². The molecule has 1 aliphatic heterocycles. The van der Waals surface area contributed by atoms with E-state index in [4.69, 9.17) is 0 Å². The molecule has 0 saturated carbocycles. The second-order valence-electron chi connectivity index (χ2n) is 6.93. The topological polar surface area (TPSA) is 66.5 Å². The van der Waals surface area contributed by atoms with Crippen LogP contribution in [0.15, 0.2) is 60.7 Å². The molecule has 1 N–H and O–H groups in total. The van der Waals surface area contributed by atoms with Gasteiger partial charge in [-0.3, -0.25) is 19.3 Å². The van der Waals surface area contributed by atoms with E-state index in [1.165, 1.54) is 0 Å². The fourth-order valence-corrected chi connectivity index (χ4v) is 3.66. The van der Waals surface area contributed by atoms with E-state index in [-0.39, 0.29) is 42.5 Å². The highest BCUT2D eigenvalue weighted by Crippen LogP contribution is 2.28. The van der Waals surface area contributed by atoms with Crippen molar-refractivity contribution >= 4 is 17.7 Å². The van der Waals surface area contributed by atoms with Crippen molar-refractivity contribution in [3.63, 3.8) is 0 Å². The van der Waals surface area contributed by atoms with Crippen molar-refractivity contribution in [3.05, 3.63) is 71.8 Å². The number of carbonyl (C=O) groups excluding carboxylic acids is 3. The molecule has 1 fully saturated rings. The predicted octanol–water partition coefficient (Wildman–Crippen LogP) is 2.86. The van der Waals surface area contributed by atoms with E-state index in [9.17, 15) is 14.4 Å². The van der Waals surface area contributed by atoms with Gasteiger partial charge in [-0.2, -0.15) is 0 Å². The van der Waals surface area contributed by atoms with E-state index >= 15 is 0 Å². The summed E-state index contributed by atoms with van der Waals surface area (Å²) in [5, 5.41) is 3.01. The SMILES string of the molecule is C[C@H](NC(=O)[C@@H](C)N1C(=O)CCC1=O)C(c1ccccc1)c1ccccc1. The van der Waals surface area contributed by atoms with Crippen LogP contribution in [0.4, 0.5) is 0 Å². The van der Waals surface area contributed by atoms with Crippen molar-refractivity contribution in [3.8, 4) is 0 Å². The van der Waals surface area contributed by atoms with E-state index in [0.717, 1.165) is 16.0 Å². The van der Waals surface area contributed by atoms with Crippen LogP contribution < -0.4 is 5.32 Å². The highest BCUT2D eigenvalue weighted by molar-refractivity contribution is 6.05. The third kappa shape index (κ3) is 4.08. The zero-order valence-corrected chi connectivity index (χ0v) is 15.6. The molecule has 2 atom stereocenters. The molecule has 5 heteroatoms. The smallest absolute Gasteiger partial charge is 0.243 e. The first-order valence-electron chi connectivity index (χ1n) is 9.24. The van der Waals surface area contributed by atoms with Gasteiger partial charge in [0.2, 0.25) is 17.7 Å². The van der Waals surface area contributed by atoms with Crippen molar-refractivity contribution in [2.24, 2.45) is 0 Å². The molecular formula is C22H24N2O3. The Balaban J connectivity index is 1.80. The number of rotatable bonds is 6. The van der Waals surface area contributed by atoms with E-state index in [0.29, 0.717) is 0 Å². The number of hydrogen-bond donors (Lipinski definition) is 1. The molecular weight excluding hydrogens is 340 g/mol. The van der Waals surface area contributed by atoms with Crippen LogP contribution in [0.25, 0.3) is 0 Å². The van der Waals surface area contributed by atoms with Gasteiger partial charge in [-0.05, 0) is 25.0 Å². The molecule has 0 bridgehead atoms. The summed E-state index contributed by atoms with van der Waals surface area (Å²) in [5.74, 6) is -0.910. The molecule has 1 heterocycles. The molecule has 0 radical (unpaired) electrons. The van der Waals surface area contributed by atoms with Crippen molar-refractivity contribution in [2.75, 3.05) is 0 Å². The van der Waals surface area contributed by atoms with Crippen LogP contribution in [0, 0.1) is 0 Å². The van der Waals surface area contributed by atoms with Crippen molar-refractivity contribution < 1.29 is 14.4 Å². The fraction of sp³-hybridized carbons (Fsp3) is 0.318. The normalized spacial score (nSPS) is 16.5. The van der Waals surface area contributed by atoms with Crippen LogP contribution in [-0.4, -0.2) is 34.7 Å². The predicted molar refractivity (Wildman–Crippen MR) is 103 cm³/mol. The van der Waals surface area contributed by atoms with E-state index in [2.05, 4.69) is 5.32 Å². The molecule has 0 aromatic heterocycles. The summed E-state index contributed by atoms with van der Waals surface area (Å²) in [6.07, 6.45) is 0.366. The van der Waals surface area contributed by atoms with Gasteiger partial charge < -0.3 is 5.32 Å². The van der Waals surface area contributed by atoms with Crippen LogP contribution in [0.1, 0.15) is 43.7 Å². The average molecular weight is 364 g/mol. The van der Waals surface area contributed by atoms with Gasteiger partial charge >= 0.3 is 0 Å². The largest absolute Gasteiger partial charge is 0.351 e. The maximum atomic E-state index is 12.7. The summed E-state index contributed by atoms with van der Waals surface area (Å²) in [4.78, 5) is 37.7. The molecule has 1 saturated heterocycles.